The Bertz CT molecular complexity index is 764. The lowest BCUT2D eigenvalue weighted by atomic mass is 9.95. The van der Waals surface area contributed by atoms with Gasteiger partial charge in [-0.3, -0.25) is 0 Å². The largest absolute Gasteiger partial charge is 0.462 e. The predicted molar refractivity (Wildman–Crippen MR) is 89.3 cm³/mol. The number of aryl methyl sites for hydroxylation is 1. The van der Waals surface area contributed by atoms with Gasteiger partial charge in [0.1, 0.15) is 6.04 Å². The molecular formula is C17H21N5O2. The van der Waals surface area contributed by atoms with E-state index >= 15 is 0 Å². The third-order valence-electron chi connectivity index (χ3n) is 4.06. The molecule has 0 saturated carbocycles. The molecule has 1 atom stereocenters. The fourth-order valence-corrected chi connectivity index (χ4v) is 2.72. The third kappa shape index (κ3) is 3.02. The molecule has 3 rings (SSSR count). The normalized spacial score (nSPS) is 16.5. The molecule has 2 aromatic rings. The number of anilines is 1. The molecule has 0 amide bonds. The van der Waals surface area contributed by atoms with Crippen molar-refractivity contribution in [2.45, 2.75) is 39.7 Å². The van der Waals surface area contributed by atoms with Gasteiger partial charge in [0.2, 0.25) is 5.95 Å². The molecule has 1 aliphatic rings. The zero-order valence-corrected chi connectivity index (χ0v) is 14.1. The van der Waals surface area contributed by atoms with Gasteiger partial charge in [-0.05, 0) is 36.3 Å². The van der Waals surface area contributed by atoms with Crippen molar-refractivity contribution in [3.63, 3.8) is 0 Å². The molecule has 0 saturated heterocycles. The summed E-state index contributed by atoms with van der Waals surface area (Å²) in [5.41, 5.74) is 3.34. The molecule has 2 heterocycles. The standard InChI is InChI=1S/C17H21N5O2/c1-4-5-10-24-16(23)14-12(3)18-17-19-20-21-22(17)15(14)13-8-6-11(2)7-9-13/h6-9,15H,4-5,10H2,1-3H3,(H,18,19,21). The predicted octanol–water partition coefficient (Wildman–Crippen LogP) is 2.61. The highest BCUT2D eigenvalue weighted by Crippen LogP contribution is 2.34. The molecule has 7 heteroatoms. The molecule has 0 radical (unpaired) electrons. The number of allylic oxidation sites excluding steroid dienone is 1. The molecule has 1 aliphatic heterocycles. The van der Waals surface area contributed by atoms with Gasteiger partial charge >= 0.3 is 5.97 Å². The molecule has 0 fully saturated rings. The van der Waals surface area contributed by atoms with Gasteiger partial charge in [-0.15, -0.1) is 0 Å². The van der Waals surface area contributed by atoms with Crippen LogP contribution in [0.3, 0.4) is 0 Å². The van der Waals surface area contributed by atoms with Crippen molar-refractivity contribution in [2.24, 2.45) is 0 Å². The van der Waals surface area contributed by atoms with Crippen LogP contribution in [0, 0.1) is 6.92 Å². The summed E-state index contributed by atoms with van der Waals surface area (Å²) in [4.78, 5) is 12.7. The Hall–Kier alpha value is -2.70. The van der Waals surface area contributed by atoms with Crippen molar-refractivity contribution >= 4 is 11.9 Å². The monoisotopic (exact) mass is 327 g/mol. The van der Waals surface area contributed by atoms with Crippen LogP contribution in [-0.2, 0) is 9.53 Å². The third-order valence-corrected chi connectivity index (χ3v) is 4.06. The molecule has 24 heavy (non-hydrogen) atoms. The van der Waals surface area contributed by atoms with Crippen molar-refractivity contribution in [1.29, 1.82) is 0 Å². The Kier molecular flexibility index (Phi) is 4.59. The van der Waals surface area contributed by atoms with Crippen molar-refractivity contribution in [3.8, 4) is 0 Å². The number of ether oxygens (including phenoxy) is 1. The van der Waals surface area contributed by atoms with Gasteiger partial charge in [0.05, 0.1) is 12.2 Å². The first-order valence-corrected chi connectivity index (χ1v) is 8.11. The number of unbranched alkanes of at least 4 members (excludes halogenated alkanes) is 1. The maximum atomic E-state index is 12.7. The summed E-state index contributed by atoms with van der Waals surface area (Å²) < 4.78 is 7.06. The number of rotatable bonds is 5. The Morgan fingerprint density at radius 3 is 2.75 bits per heavy atom. The van der Waals surface area contributed by atoms with E-state index in [2.05, 4.69) is 27.8 Å². The number of tetrazole rings is 1. The SMILES string of the molecule is CCCCOC(=O)C1=C(C)Nc2nnnn2C1c1ccc(C)cc1. The van der Waals surface area contributed by atoms with E-state index < -0.39 is 6.04 Å². The molecule has 126 valence electrons. The van der Waals surface area contributed by atoms with E-state index in [9.17, 15) is 4.79 Å². The second kappa shape index (κ2) is 6.82. The molecular weight excluding hydrogens is 306 g/mol. The van der Waals surface area contributed by atoms with Crippen LogP contribution in [0.2, 0.25) is 0 Å². The molecule has 0 bridgehead atoms. The van der Waals surface area contributed by atoms with E-state index in [4.69, 9.17) is 4.74 Å². The second-order valence-corrected chi connectivity index (χ2v) is 5.91. The van der Waals surface area contributed by atoms with Gasteiger partial charge in [0, 0.05) is 5.70 Å². The lowest BCUT2D eigenvalue weighted by Gasteiger charge is -2.27. The minimum absolute atomic E-state index is 0.333. The van der Waals surface area contributed by atoms with Crippen molar-refractivity contribution in [2.75, 3.05) is 11.9 Å². The van der Waals surface area contributed by atoms with Crippen LogP contribution in [0.25, 0.3) is 0 Å². The van der Waals surface area contributed by atoms with E-state index in [1.807, 2.05) is 38.1 Å². The number of hydrogen-bond donors (Lipinski definition) is 1. The highest BCUT2D eigenvalue weighted by Gasteiger charge is 2.34. The topological polar surface area (TPSA) is 81.9 Å². The van der Waals surface area contributed by atoms with Crippen molar-refractivity contribution in [3.05, 3.63) is 46.7 Å². The Labute approximate surface area is 140 Å². The van der Waals surface area contributed by atoms with Crippen molar-refractivity contribution in [1.82, 2.24) is 20.2 Å². The second-order valence-electron chi connectivity index (χ2n) is 5.91. The van der Waals surface area contributed by atoms with E-state index in [1.54, 1.807) is 4.68 Å². The molecule has 1 unspecified atom stereocenters. The minimum Gasteiger partial charge on any atom is -0.462 e. The average Bonchev–Trinajstić information content (AvgIpc) is 3.02. The molecule has 0 aliphatic carbocycles. The number of fused-ring (bicyclic) bond motifs is 1. The Balaban J connectivity index is 2.00. The number of nitrogens with zero attached hydrogens (tertiary/aromatic N) is 4. The fourth-order valence-electron chi connectivity index (χ4n) is 2.72. The van der Waals surface area contributed by atoms with E-state index in [0.717, 1.165) is 24.0 Å². The zero-order valence-electron chi connectivity index (χ0n) is 14.1. The number of carbonyl (C=O) groups excluding carboxylic acids is 1. The summed E-state index contributed by atoms with van der Waals surface area (Å²) in [6, 6.07) is 7.60. The first-order chi connectivity index (χ1) is 11.6. The number of benzene rings is 1. The highest BCUT2D eigenvalue weighted by atomic mass is 16.5. The van der Waals surface area contributed by atoms with Gasteiger partial charge in [0.25, 0.3) is 0 Å². The van der Waals surface area contributed by atoms with Crippen LogP contribution < -0.4 is 5.32 Å². The van der Waals surface area contributed by atoms with E-state index in [1.165, 1.54) is 0 Å². The highest BCUT2D eigenvalue weighted by molar-refractivity contribution is 5.92. The van der Waals surface area contributed by atoms with Crippen LogP contribution in [0.15, 0.2) is 35.5 Å². The van der Waals surface area contributed by atoms with Gasteiger partial charge in [-0.2, -0.15) is 4.68 Å². The molecule has 1 aromatic heterocycles. The Morgan fingerprint density at radius 2 is 2.04 bits per heavy atom. The van der Waals surface area contributed by atoms with Gasteiger partial charge < -0.3 is 10.1 Å². The number of esters is 1. The van der Waals surface area contributed by atoms with Crippen LogP contribution in [0.4, 0.5) is 5.95 Å². The average molecular weight is 327 g/mol. The number of aromatic nitrogens is 4. The summed E-state index contributed by atoms with van der Waals surface area (Å²) in [6.07, 6.45) is 1.82. The maximum Gasteiger partial charge on any atom is 0.338 e. The Morgan fingerprint density at radius 1 is 1.29 bits per heavy atom. The smallest absolute Gasteiger partial charge is 0.338 e. The number of carbonyl (C=O) groups is 1. The molecule has 1 N–H and O–H groups in total. The molecule has 7 nitrogen and oxygen atoms in total. The van der Waals surface area contributed by atoms with Gasteiger partial charge in [-0.25, -0.2) is 4.79 Å². The van der Waals surface area contributed by atoms with Crippen molar-refractivity contribution < 1.29 is 9.53 Å². The quantitative estimate of drug-likeness (QED) is 0.671. The van der Waals surface area contributed by atoms with Crippen LogP contribution >= 0.6 is 0 Å². The lowest BCUT2D eigenvalue weighted by Crippen LogP contribution is -2.29. The summed E-state index contributed by atoms with van der Waals surface area (Å²) in [5.74, 6) is 0.184. The van der Waals surface area contributed by atoms with E-state index in [0.29, 0.717) is 23.8 Å². The number of nitrogens with one attached hydrogen (secondary N) is 1. The van der Waals surface area contributed by atoms with Gasteiger partial charge in [-0.1, -0.05) is 48.3 Å². The van der Waals surface area contributed by atoms with Gasteiger partial charge in [0.15, 0.2) is 0 Å². The minimum atomic E-state index is -0.397. The number of hydrogen-bond acceptors (Lipinski definition) is 6. The maximum absolute atomic E-state index is 12.7. The summed E-state index contributed by atoms with van der Waals surface area (Å²) in [5, 5.41) is 14.8. The molecule has 1 aromatic carbocycles. The summed E-state index contributed by atoms with van der Waals surface area (Å²) in [6.45, 7) is 6.34. The van der Waals surface area contributed by atoms with Crippen LogP contribution in [0.5, 0.6) is 0 Å². The van der Waals surface area contributed by atoms with E-state index in [-0.39, 0.29) is 5.97 Å². The zero-order chi connectivity index (χ0) is 17.1. The first-order valence-electron chi connectivity index (χ1n) is 8.11. The molecule has 0 spiro atoms. The summed E-state index contributed by atoms with van der Waals surface area (Å²) in [7, 11) is 0. The first kappa shape index (κ1) is 16.2. The fraction of sp³-hybridized carbons (Fsp3) is 0.412. The van der Waals surface area contributed by atoms with Crippen LogP contribution in [0.1, 0.15) is 43.9 Å². The van der Waals surface area contributed by atoms with Crippen LogP contribution in [-0.4, -0.2) is 32.8 Å². The summed E-state index contributed by atoms with van der Waals surface area (Å²) >= 11 is 0. The lowest BCUT2D eigenvalue weighted by molar-refractivity contribution is -0.139.